The van der Waals surface area contributed by atoms with Gasteiger partial charge in [-0.1, -0.05) is 12.8 Å². The molecule has 0 bridgehead atoms. The number of alkyl carbamates (subject to hydrolysis) is 2. The Morgan fingerprint density at radius 1 is 0.397 bits per heavy atom. The Labute approximate surface area is 345 Å². The zero-order chi connectivity index (χ0) is 45.0. The zero-order valence-corrected chi connectivity index (χ0v) is 37.2. The minimum Gasteiger partial charge on any atom is -0.469 e. The molecule has 0 spiro atoms. The van der Waals surface area contributed by atoms with Crippen LogP contribution in [0.4, 0.5) is 9.59 Å². The molecule has 0 fully saturated rings. The normalized spacial score (nSPS) is 11.4. The minimum atomic E-state index is -1.04. The van der Waals surface area contributed by atoms with E-state index in [4.69, 9.17) is 9.47 Å². The predicted octanol–water partition coefficient (Wildman–Crippen LogP) is 4.07. The lowest BCUT2D eigenvalue weighted by atomic mass is 10.0. The first-order valence-electron chi connectivity index (χ1n) is 20.0. The number of nitrogens with one attached hydrogen (secondary N) is 6. The predicted molar refractivity (Wildman–Crippen MR) is 218 cm³/mol. The van der Waals surface area contributed by atoms with E-state index >= 15 is 0 Å². The van der Waals surface area contributed by atoms with E-state index in [9.17, 15) is 38.4 Å². The Bertz CT molecular complexity index is 1210. The number of rotatable bonds is 24. The third-order valence-corrected chi connectivity index (χ3v) is 7.68. The maximum Gasteiger partial charge on any atom is 0.407 e. The van der Waals surface area contributed by atoms with Crippen molar-refractivity contribution in [3.8, 4) is 0 Å². The van der Waals surface area contributed by atoms with Gasteiger partial charge in [-0.2, -0.15) is 0 Å². The first-order valence-corrected chi connectivity index (χ1v) is 20.0. The number of carbonyl (C=O) groups is 8. The van der Waals surface area contributed by atoms with Crippen molar-refractivity contribution in [1.29, 1.82) is 0 Å². The van der Waals surface area contributed by atoms with Crippen LogP contribution in [0.3, 0.4) is 0 Å². The summed E-state index contributed by atoms with van der Waals surface area (Å²) in [5.41, 5.74) is -3.22. The maximum atomic E-state index is 12.3. The largest absolute Gasteiger partial charge is 0.469 e. The Balaban J connectivity index is 0. The van der Waals surface area contributed by atoms with Gasteiger partial charge in [0.15, 0.2) is 0 Å². The van der Waals surface area contributed by atoms with Gasteiger partial charge in [-0.3, -0.25) is 28.8 Å². The molecule has 0 aromatic heterocycles. The molecule has 0 aromatic rings. The average Bonchev–Trinajstić information content (AvgIpc) is 3.09. The number of amides is 6. The molecule has 18 nitrogen and oxygen atoms in total. The third-order valence-electron chi connectivity index (χ3n) is 7.68. The van der Waals surface area contributed by atoms with Crippen LogP contribution in [0.5, 0.6) is 0 Å². The highest BCUT2D eigenvalue weighted by molar-refractivity contribution is 5.91. The molecule has 336 valence electrons. The molecule has 18 heteroatoms. The van der Waals surface area contributed by atoms with Gasteiger partial charge in [-0.15, -0.1) is 0 Å². The van der Waals surface area contributed by atoms with Crippen LogP contribution < -0.4 is 31.9 Å². The summed E-state index contributed by atoms with van der Waals surface area (Å²) in [5.74, 6) is -1.56. The van der Waals surface area contributed by atoms with Crippen molar-refractivity contribution in [2.24, 2.45) is 0 Å². The summed E-state index contributed by atoms with van der Waals surface area (Å²) in [4.78, 5) is 93.7. The fourth-order valence-corrected chi connectivity index (χ4v) is 4.63. The van der Waals surface area contributed by atoms with Gasteiger partial charge in [0.25, 0.3) is 0 Å². The molecule has 0 aliphatic carbocycles. The highest BCUT2D eigenvalue weighted by Crippen LogP contribution is 2.09. The van der Waals surface area contributed by atoms with Gasteiger partial charge in [0.05, 0.1) is 14.2 Å². The monoisotopic (exact) mass is 831 g/mol. The standard InChI is InChI=1S/2C20H37N3O6/c2*1-19(2,3)29-18(27)22-14-10-11-15(24)23-20(4,5)17(26)21-13-9-7-8-12-16(25)28-6/h2*7-14H2,1-6H3,(H,21,26)(H,22,27)(H,23,24). The Morgan fingerprint density at radius 2 is 0.707 bits per heavy atom. The molecule has 0 radical (unpaired) electrons. The fraction of sp³-hybridized carbons (Fsp3) is 0.800. The van der Waals surface area contributed by atoms with Gasteiger partial charge in [-0.05, 0) is 108 Å². The van der Waals surface area contributed by atoms with E-state index in [0.717, 1.165) is 25.7 Å². The van der Waals surface area contributed by atoms with Crippen molar-refractivity contribution < 1.29 is 57.3 Å². The summed E-state index contributed by atoms with van der Waals surface area (Å²) >= 11 is 0. The number of hydrogen-bond acceptors (Lipinski definition) is 12. The van der Waals surface area contributed by atoms with Crippen molar-refractivity contribution in [3.05, 3.63) is 0 Å². The Kier molecular flexibility index (Phi) is 27.5. The van der Waals surface area contributed by atoms with Crippen LogP contribution in [0.2, 0.25) is 0 Å². The Morgan fingerprint density at radius 3 is 1.00 bits per heavy atom. The molecular formula is C40H74N6O12. The molecule has 0 atom stereocenters. The SMILES string of the molecule is COC(=O)CCCCCNC(=O)C(C)(C)NC(=O)CCCNC(=O)OC(C)(C)C.COC(=O)CCCCCNC(=O)C(C)(C)NC(=O)CCCNC(=O)OC(C)(C)C. The smallest absolute Gasteiger partial charge is 0.407 e. The van der Waals surface area contributed by atoms with Gasteiger partial charge >= 0.3 is 24.1 Å². The van der Waals surface area contributed by atoms with Crippen molar-refractivity contribution in [2.45, 2.75) is 169 Å². The molecule has 0 rings (SSSR count). The van der Waals surface area contributed by atoms with Crippen LogP contribution in [-0.4, -0.2) is 110 Å². The summed E-state index contributed by atoms with van der Waals surface area (Å²) in [6, 6.07) is 0. The molecule has 6 N–H and O–H groups in total. The number of esters is 2. The lowest BCUT2D eigenvalue weighted by Gasteiger charge is -2.25. The lowest BCUT2D eigenvalue weighted by Crippen LogP contribution is -2.54. The van der Waals surface area contributed by atoms with Gasteiger partial charge in [0.2, 0.25) is 23.6 Å². The second kappa shape index (κ2) is 28.7. The molecule has 0 unspecified atom stereocenters. The zero-order valence-electron chi connectivity index (χ0n) is 37.2. The molecule has 58 heavy (non-hydrogen) atoms. The quantitative estimate of drug-likeness (QED) is 0.0458. The lowest BCUT2D eigenvalue weighted by molar-refractivity contribution is -0.141. The van der Waals surface area contributed by atoms with Crippen LogP contribution in [0, 0.1) is 0 Å². The number of ether oxygens (including phenoxy) is 4. The van der Waals surface area contributed by atoms with E-state index in [1.54, 1.807) is 69.2 Å². The molecule has 0 saturated heterocycles. The highest BCUT2D eigenvalue weighted by atomic mass is 16.6. The van der Waals surface area contributed by atoms with Crippen molar-refractivity contribution in [1.82, 2.24) is 31.9 Å². The van der Waals surface area contributed by atoms with Crippen molar-refractivity contribution in [3.63, 3.8) is 0 Å². The van der Waals surface area contributed by atoms with E-state index in [-0.39, 0.29) is 48.4 Å². The first kappa shape index (κ1) is 55.5. The summed E-state index contributed by atoms with van der Waals surface area (Å²) in [5, 5.41) is 16.2. The van der Waals surface area contributed by atoms with E-state index in [1.165, 1.54) is 14.2 Å². The van der Waals surface area contributed by atoms with Gasteiger partial charge < -0.3 is 50.8 Å². The molecular weight excluding hydrogens is 756 g/mol. The second-order valence-electron chi connectivity index (χ2n) is 16.7. The maximum absolute atomic E-state index is 12.3. The van der Waals surface area contributed by atoms with E-state index in [2.05, 4.69) is 41.4 Å². The van der Waals surface area contributed by atoms with Gasteiger partial charge in [0, 0.05) is 51.9 Å². The molecule has 0 aliphatic heterocycles. The van der Waals surface area contributed by atoms with E-state index in [0.29, 0.717) is 64.7 Å². The van der Waals surface area contributed by atoms with Crippen LogP contribution in [-0.2, 0) is 47.7 Å². The Hall–Kier alpha value is -4.64. The van der Waals surface area contributed by atoms with Crippen LogP contribution in [0.1, 0.15) is 146 Å². The van der Waals surface area contributed by atoms with Crippen LogP contribution in [0.15, 0.2) is 0 Å². The number of hydrogen-bond donors (Lipinski definition) is 6. The van der Waals surface area contributed by atoms with Crippen LogP contribution in [0.25, 0.3) is 0 Å². The van der Waals surface area contributed by atoms with Crippen LogP contribution >= 0.6 is 0 Å². The summed E-state index contributed by atoms with van der Waals surface area (Å²) < 4.78 is 19.4. The van der Waals surface area contributed by atoms with Crippen molar-refractivity contribution in [2.75, 3.05) is 40.4 Å². The minimum absolute atomic E-state index is 0.181. The summed E-state index contributed by atoms with van der Waals surface area (Å²) in [6.07, 6.45) is 5.41. The number of carbonyl (C=O) groups excluding carboxylic acids is 8. The number of methoxy groups -OCH3 is 2. The van der Waals surface area contributed by atoms with Gasteiger partial charge in [-0.25, -0.2) is 9.59 Å². The molecule has 0 saturated carbocycles. The molecule has 0 heterocycles. The average molecular weight is 831 g/mol. The number of unbranched alkanes of at least 4 members (excludes halogenated alkanes) is 4. The van der Waals surface area contributed by atoms with E-state index < -0.39 is 34.5 Å². The van der Waals surface area contributed by atoms with Crippen molar-refractivity contribution >= 4 is 47.8 Å². The van der Waals surface area contributed by atoms with Gasteiger partial charge in [0.1, 0.15) is 22.3 Å². The summed E-state index contributed by atoms with van der Waals surface area (Å²) in [7, 11) is 2.72. The topological polar surface area (TPSA) is 246 Å². The highest BCUT2D eigenvalue weighted by Gasteiger charge is 2.30. The fourth-order valence-electron chi connectivity index (χ4n) is 4.63. The second-order valence-corrected chi connectivity index (χ2v) is 16.7. The van der Waals surface area contributed by atoms with E-state index in [1.807, 2.05) is 0 Å². The first-order chi connectivity index (χ1) is 26.7. The third kappa shape index (κ3) is 32.4. The molecule has 0 aromatic carbocycles. The summed E-state index contributed by atoms with van der Waals surface area (Å²) in [6.45, 7) is 18.7. The molecule has 0 aliphatic rings. The molecule has 6 amide bonds.